The van der Waals surface area contributed by atoms with Gasteiger partial charge < -0.3 is 4.74 Å². The van der Waals surface area contributed by atoms with Crippen LogP contribution in [0.1, 0.15) is 18.1 Å². The zero-order valence-corrected chi connectivity index (χ0v) is 13.8. The van der Waals surface area contributed by atoms with Crippen LogP contribution in [0.3, 0.4) is 0 Å². The largest absolute Gasteiger partial charge is 0.485 e. The molecule has 0 aliphatic rings. The van der Waals surface area contributed by atoms with Gasteiger partial charge >= 0.3 is 0 Å². The van der Waals surface area contributed by atoms with Crippen molar-refractivity contribution >= 4 is 26.9 Å². The van der Waals surface area contributed by atoms with Crippen LogP contribution in [0.5, 0.6) is 5.75 Å². The Kier molecular flexibility index (Phi) is 5.09. The number of rotatable bonds is 6. The van der Waals surface area contributed by atoms with Crippen molar-refractivity contribution in [2.24, 2.45) is 0 Å². The smallest absolute Gasteiger partial charge is 0.128 e. The predicted molar refractivity (Wildman–Crippen MR) is 95.3 cm³/mol. The molecule has 0 fully saturated rings. The summed E-state index contributed by atoms with van der Waals surface area (Å²) in [4.78, 5) is 0. The van der Waals surface area contributed by atoms with Crippen LogP contribution >= 0.6 is 16.1 Å². The molecule has 0 amide bonds. The summed E-state index contributed by atoms with van der Waals surface area (Å²) in [7, 11) is 0. The Hall–Kier alpha value is -1.84. The molecule has 3 aromatic carbocycles. The van der Waals surface area contributed by atoms with Crippen LogP contribution in [0.25, 0.3) is 10.8 Å². The first-order valence-corrected chi connectivity index (χ1v) is 8.20. The van der Waals surface area contributed by atoms with E-state index in [0.717, 1.165) is 24.1 Å². The van der Waals surface area contributed by atoms with Crippen LogP contribution in [0.15, 0.2) is 72.8 Å². The molecular formula is C19H18BrNO. The van der Waals surface area contributed by atoms with E-state index in [1.165, 1.54) is 10.9 Å². The molecule has 1 atom stereocenters. The number of ether oxygens (including phenoxy) is 1. The van der Waals surface area contributed by atoms with Crippen molar-refractivity contribution in [2.75, 3.05) is 6.54 Å². The van der Waals surface area contributed by atoms with Gasteiger partial charge in [0.15, 0.2) is 0 Å². The van der Waals surface area contributed by atoms with Crippen LogP contribution in [-0.2, 0) is 0 Å². The standard InChI is InChI=1S/C19H18BrNO/c20-21-14-13-18(16-8-2-1-3-9-16)22-19-12-6-10-15-7-4-5-11-17(15)19/h1-12,18,21H,13-14H2. The number of halogens is 1. The molecule has 0 saturated carbocycles. The fourth-order valence-corrected chi connectivity index (χ4v) is 2.83. The Morgan fingerprint density at radius 1 is 0.864 bits per heavy atom. The SMILES string of the molecule is BrNCCC(Oc1cccc2ccccc12)c1ccccc1. The molecule has 0 aromatic heterocycles. The monoisotopic (exact) mass is 355 g/mol. The molecule has 0 aliphatic carbocycles. The zero-order valence-electron chi connectivity index (χ0n) is 12.2. The molecule has 3 rings (SSSR count). The lowest BCUT2D eigenvalue weighted by Crippen LogP contribution is -2.13. The zero-order chi connectivity index (χ0) is 15.2. The van der Waals surface area contributed by atoms with E-state index in [9.17, 15) is 0 Å². The van der Waals surface area contributed by atoms with E-state index in [1.807, 2.05) is 24.3 Å². The third kappa shape index (κ3) is 3.49. The summed E-state index contributed by atoms with van der Waals surface area (Å²) in [6.07, 6.45) is 0.912. The minimum Gasteiger partial charge on any atom is -0.485 e. The molecule has 0 aliphatic heterocycles. The number of benzene rings is 3. The molecule has 2 nitrogen and oxygen atoms in total. The average molecular weight is 356 g/mol. The minimum absolute atomic E-state index is 0.0251. The average Bonchev–Trinajstić information content (AvgIpc) is 2.59. The molecule has 22 heavy (non-hydrogen) atoms. The molecule has 0 bridgehead atoms. The van der Waals surface area contributed by atoms with Gasteiger partial charge in [0.1, 0.15) is 11.9 Å². The van der Waals surface area contributed by atoms with Gasteiger partial charge in [-0.25, -0.2) is 0 Å². The maximum absolute atomic E-state index is 6.36. The van der Waals surface area contributed by atoms with E-state index < -0.39 is 0 Å². The first kappa shape index (κ1) is 15.1. The number of nitrogens with one attached hydrogen (secondary N) is 1. The van der Waals surface area contributed by atoms with Crippen LogP contribution in [0.4, 0.5) is 0 Å². The Morgan fingerprint density at radius 2 is 1.59 bits per heavy atom. The number of hydrogen-bond acceptors (Lipinski definition) is 2. The second-order valence-corrected chi connectivity index (χ2v) is 5.73. The normalized spacial score (nSPS) is 12.2. The highest BCUT2D eigenvalue weighted by Gasteiger charge is 2.14. The highest BCUT2D eigenvalue weighted by Crippen LogP contribution is 2.30. The summed E-state index contributed by atoms with van der Waals surface area (Å²) >= 11 is 3.27. The maximum atomic E-state index is 6.36. The van der Waals surface area contributed by atoms with E-state index in [4.69, 9.17) is 4.74 Å². The molecule has 3 heteroatoms. The molecule has 1 unspecified atom stereocenters. The van der Waals surface area contributed by atoms with Gasteiger partial charge in [-0.15, -0.1) is 0 Å². The van der Waals surface area contributed by atoms with E-state index in [2.05, 4.69) is 69.0 Å². The van der Waals surface area contributed by atoms with Gasteiger partial charge in [0, 0.05) is 34.5 Å². The quantitative estimate of drug-likeness (QED) is 0.609. The molecule has 1 N–H and O–H groups in total. The fraction of sp³-hybridized carbons (Fsp3) is 0.158. The number of hydrogen-bond donors (Lipinski definition) is 1. The van der Waals surface area contributed by atoms with Crippen molar-refractivity contribution in [1.82, 2.24) is 4.34 Å². The number of fused-ring (bicyclic) bond motifs is 1. The van der Waals surface area contributed by atoms with Crippen LogP contribution in [0, 0.1) is 0 Å². The topological polar surface area (TPSA) is 21.3 Å². The lowest BCUT2D eigenvalue weighted by atomic mass is 10.1. The van der Waals surface area contributed by atoms with Gasteiger partial charge in [0.25, 0.3) is 0 Å². The van der Waals surface area contributed by atoms with Crippen LogP contribution < -0.4 is 9.08 Å². The Morgan fingerprint density at radius 3 is 2.41 bits per heavy atom. The van der Waals surface area contributed by atoms with Gasteiger partial charge in [-0.05, 0) is 17.0 Å². The minimum atomic E-state index is 0.0251. The second kappa shape index (κ2) is 7.43. The summed E-state index contributed by atoms with van der Waals surface area (Å²) in [6, 6.07) is 24.9. The molecular weight excluding hydrogens is 338 g/mol. The highest BCUT2D eigenvalue weighted by atomic mass is 79.9. The summed E-state index contributed by atoms with van der Waals surface area (Å²) in [5.41, 5.74) is 1.19. The van der Waals surface area contributed by atoms with Gasteiger partial charge in [-0.2, -0.15) is 0 Å². The van der Waals surface area contributed by atoms with Crippen molar-refractivity contribution in [3.05, 3.63) is 78.4 Å². The fourth-order valence-electron chi connectivity index (χ4n) is 2.60. The molecule has 0 heterocycles. The Labute approximate surface area is 139 Å². The summed E-state index contributed by atoms with van der Waals surface area (Å²) in [5.74, 6) is 0.932. The Bertz CT molecular complexity index is 724. The molecule has 0 saturated heterocycles. The van der Waals surface area contributed by atoms with Crippen LogP contribution in [0.2, 0.25) is 0 Å². The second-order valence-electron chi connectivity index (χ2n) is 5.17. The van der Waals surface area contributed by atoms with Crippen LogP contribution in [-0.4, -0.2) is 6.54 Å². The van der Waals surface area contributed by atoms with Gasteiger partial charge in [-0.1, -0.05) is 66.7 Å². The molecule has 3 aromatic rings. The Balaban J connectivity index is 1.92. The van der Waals surface area contributed by atoms with Gasteiger partial charge in [0.05, 0.1) is 0 Å². The van der Waals surface area contributed by atoms with E-state index in [-0.39, 0.29) is 6.10 Å². The predicted octanol–water partition coefficient (Wildman–Crippen LogP) is 5.25. The van der Waals surface area contributed by atoms with Gasteiger partial charge in [-0.3, -0.25) is 4.34 Å². The lowest BCUT2D eigenvalue weighted by Gasteiger charge is -2.20. The van der Waals surface area contributed by atoms with Crippen molar-refractivity contribution in [3.63, 3.8) is 0 Å². The molecule has 112 valence electrons. The summed E-state index contributed by atoms with van der Waals surface area (Å²) < 4.78 is 9.38. The molecule has 0 spiro atoms. The van der Waals surface area contributed by atoms with E-state index in [1.54, 1.807) is 0 Å². The van der Waals surface area contributed by atoms with Crippen molar-refractivity contribution in [1.29, 1.82) is 0 Å². The van der Waals surface area contributed by atoms with Crippen molar-refractivity contribution < 1.29 is 4.74 Å². The van der Waals surface area contributed by atoms with E-state index >= 15 is 0 Å². The van der Waals surface area contributed by atoms with E-state index in [0.29, 0.717) is 0 Å². The lowest BCUT2D eigenvalue weighted by molar-refractivity contribution is 0.199. The van der Waals surface area contributed by atoms with Crippen molar-refractivity contribution in [3.8, 4) is 5.75 Å². The summed E-state index contributed by atoms with van der Waals surface area (Å²) in [6.45, 7) is 0.838. The first-order chi connectivity index (χ1) is 10.9. The molecule has 0 radical (unpaired) electrons. The first-order valence-electron chi connectivity index (χ1n) is 7.41. The third-order valence-corrected chi connectivity index (χ3v) is 4.09. The van der Waals surface area contributed by atoms with Crippen molar-refractivity contribution in [2.45, 2.75) is 12.5 Å². The third-order valence-electron chi connectivity index (χ3n) is 3.69. The highest BCUT2D eigenvalue weighted by molar-refractivity contribution is 9.08. The van der Waals surface area contributed by atoms with Gasteiger partial charge in [0.2, 0.25) is 0 Å². The maximum Gasteiger partial charge on any atom is 0.128 e. The summed E-state index contributed by atoms with van der Waals surface area (Å²) in [5, 5.41) is 2.35.